The Bertz CT molecular complexity index is 538. The van der Waals surface area contributed by atoms with Crippen LogP contribution in [0.4, 0.5) is 20.2 Å². The average Bonchev–Trinajstić information content (AvgIpc) is 2.33. The molecule has 2 N–H and O–H groups in total. The summed E-state index contributed by atoms with van der Waals surface area (Å²) in [5.41, 5.74) is 7.27. The van der Waals surface area contributed by atoms with Crippen LogP contribution in [-0.4, -0.2) is 7.05 Å². The molecule has 0 spiro atoms. The van der Waals surface area contributed by atoms with Gasteiger partial charge >= 0.3 is 0 Å². The molecule has 2 aromatic rings. The van der Waals surface area contributed by atoms with E-state index in [1.807, 2.05) is 11.9 Å². The van der Waals surface area contributed by atoms with Gasteiger partial charge in [-0.2, -0.15) is 0 Å². The predicted octanol–water partition coefficient (Wildman–Crippen LogP) is 3.18. The monoisotopic (exact) mass is 248 g/mol. The lowest BCUT2D eigenvalue weighted by Crippen LogP contribution is -2.17. The Kier molecular flexibility index (Phi) is 3.46. The Balaban J connectivity index is 2.15. The number of anilines is 2. The number of rotatable bonds is 3. The van der Waals surface area contributed by atoms with Crippen LogP contribution in [0.1, 0.15) is 5.56 Å². The van der Waals surface area contributed by atoms with Crippen LogP contribution in [0.2, 0.25) is 0 Å². The number of halogens is 2. The summed E-state index contributed by atoms with van der Waals surface area (Å²) < 4.78 is 26.4. The minimum atomic E-state index is -0.330. The Morgan fingerprint density at radius 2 is 1.72 bits per heavy atom. The molecule has 0 aromatic heterocycles. The van der Waals surface area contributed by atoms with Crippen molar-refractivity contribution < 1.29 is 8.78 Å². The van der Waals surface area contributed by atoms with E-state index in [9.17, 15) is 8.78 Å². The molecule has 0 saturated carbocycles. The quantitative estimate of drug-likeness (QED) is 0.845. The number of hydrogen-bond donors (Lipinski definition) is 1. The zero-order valence-electron chi connectivity index (χ0n) is 10.0. The van der Waals surface area contributed by atoms with E-state index in [4.69, 9.17) is 5.73 Å². The highest BCUT2D eigenvalue weighted by Crippen LogP contribution is 2.18. The summed E-state index contributed by atoms with van der Waals surface area (Å²) in [5.74, 6) is -0.616. The van der Waals surface area contributed by atoms with E-state index >= 15 is 0 Å². The van der Waals surface area contributed by atoms with Gasteiger partial charge in [-0.15, -0.1) is 0 Å². The molecule has 0 unspecified atom stereocenters. The standard InChI is InChI=1S/C14H14F2N2/c1-18(13-6-3-11(15)4-7-13)9-10-2-5-12(17)8-14(10)16/h2-8H,9,17H2,1H3. The fourth-order valence-corrected chi connectivity index (χ4v) is 1.73. The summed E-state index contributed by atoms with van der Waals surface area (Å²) in [6.45, 7) is 0.401. The largest absolute Gasteiger partial charge is 0.399 e. The van der Waals surface area contributed by atoms with E-state index < -0.39 is 0 Å². The first-order valence-electron chi connectivity index (χ1n) is 5.57. The third-order valence-electron chi connectivity index (χ3n) is 2.75. The van der Waals surface area contributed by atoms with Crippen molar-refractivity contribution >= 4 is 11.4 Å². The second-order valence-corrected chi connectivity index (χ2v) is 4.18. The molecule has 0 bridgehead atoms. The molecule has 94 valence electrons. The van der Waals surface area contributed by atoms with Crippen LogP contribution in [-0.2, 0) is 6.54 Å². The molecule has 2 rings (SSSR count). The lowest BCUT2D eigenvalue weighted by molar-refractivity contribution is 0.608. The van der Waals surface area contributed by atoms with Crippen molar-refractivity contribution in [2.24, 2.45) is 0 Å². The van der Waals surface area contributed by atoms with Crippen molar-refractivity contribution in [1.29, 1.82) is 0 Å². The molecule has 0 saturated heterocycles. The van der Waals surface area contributed by atoms with Crippen LogP contribution in [0.3, 0.4) is 0 Å². The highest BCUT2D eigenvalue weighted by molar-refractivity contribution is 5.47. The van der Waals surface area contributed by atoms with Crippen LogP contribution in [0, 0.1) is 11.6 Å². The van der Waals surface area contributed by atoms with Gasteiger partial charge in [-0.3, -0.25) is 0 Å². The molecule has 18 heavy (non-hydrogen) atoms. The van der Waals surface area contributed by atoms with Crippen molar-refractivity contribution in [1.82, 2.24) is 0 Å². The SMILES string of the molecule is CN(Cc1ccc(N)cc1F)c1ccc(F)cc1. The van der Waals surface area contributed by atoms with Crippen LogP contribution in [0.15, 0.2) is 42.5 Å². The van der Waals surface area contributed by atoms with E-state index in [-0.39, 0.29) is 11.6 Å². The van der Waals surface area contributed by atoms with Gasteiger partial charge in [0, 0.05) is 30.5 Å². The average molecular weight is 248 g/mol. The predicted molar refractivity (Wildman–Crippen MR) is 69.3 cm³/mol. The van der Waals surface area contributed by atoms with Gasteiger partial charge in [0.1, 0.15) is 11.6 Å². The highest BCUT2D eigenvalue weighted by atomic mass is 19.1. The first kappa shape index (κ1) is 12.4. The smallest absolute Gasteiger partial charge is 0.130 e. The Labute approximate surface area is 105 Å². The minimum absolute atomic E-state index is 0.286. The molecule has 0 aliphatic rings. The van der Waals surface area contributed by atoms with Crippen molar-refractivity contribution in [3.63, 3.8) is 0 Å². The van der Waals surface area contributed by atoms with E-state index in [0.29, 0.717) is 17.8 Å². The van der Waals surface area contributed by atoms with E-state index in [0.717, 1.165) is 5.69 Å². The normalized spacial score (nSPS) is 10.4. The molecule has 2 nitrogen and oxygen atoms in total. The third-order valence-corrected chi connectivity index (χ3v) is 2.75. The highest BCUT2D eigenvalue weighted by Gasteiger charge is 2.07. The second-order valence-electron chi connectivity index (χ2n) is 4.18. The van der Waals surface area contributed by atoms with Crippen molar-refractivity contribution in [2.75, 3.05) is 17.7 Å². The van der Waals surface area contributed by atoms with Gasteiger partial charge in [-0.1, -0.05) is 6.07 Å². The Morgan fingerprint density at radius 3 is 2.33 bits per heavy atom. The lowest BCUT2D eigenvalue weighted by atomic mass is 10.1. The maximum atomic E-state index is 13.6. The molecule has 0 aliphatic carbocycles. The second kappa shape index (κ2) is 5.04. The molecule has 0 radical (unpaired) electrons. The van der Waals surface area contributed by atoms with Gasteiger partial charge in [0.2, 0.25) is 0 Å². The summed E-state index contributed by atoms with van der Waals surface area (Å²) >= 11 is 0. The molecule has 0 amide bonds. The summed E-state index contributed by atoms with van der Waals surface area (Å²) in [7, 11) is 1.82. The van der Waals surface area contributed by atoms with Crippen LogP contribution < -0.4 is 10.6 Å². The van der Waals surface area contributed by atoms with Gasteiger partial charge in [0.25, 0.3) is 0 Å². The summed E-state index contributed by atoms with van der Waals surface area (Å²) in [6.07, 6.45) is 0. The van der Waals surface area contributed by atoms with Gasteiger partial charge in [0.15, 0.2) is 0 Å². The molecule has 0 aliphatic heterocycles. The number of nitrogen functional groups attached to an aromatic ring is 1. The summed E-state index contributed by atoms with van der Waals surface area (Å²) in [4.78, 5) is 1.84. The fourth-order valence-electron chi connectivity index (χ4n) is 1.73. The van der Waals surface area contributed by atoms with E-state index in [2.05, 4.69) is 0 Å². The van der Waals surface area contributed by atoms with Gasteiger partial charge in [0.05, 0.1) is 0 Å². The molecular formula is C14H14F2N2. The Morgan fingerprint density at radius 1 is 1.06 bits per heavy atom. The van der Waals surface area contributed by atoms with Crippen molar-refractivity contribution in [3.05, 3.63) is 59.7 Å². The lowest BCUT2D eigenvalue weighted by Gasteiger charge is -2.19. The molecule has 2 aromatic carbocycles. The van der Waals surface area contributed by atoms with E-state index in [1.54, 1.807) is 24.3 Å². The molecule has 4 heteroatoms. The van der Waals surface area contributed by atoms with Crippen LogP contribution in [0.25, 0.3) is 0 Å². The topological polar surface area (TPSA) is 29.3 Å². The number of nitrogens with two attached hydrogens (primary N) is 1. The minimum Gasteiger partial charge on any atom is -0.399 e. The summed E-state index contributed by atoms with van der Waals surface area (Å²) in [6, 6.07) is 10.7. The molecule has 0 fully saturated rings. The number of benzene rings is 2. The van der Waals surface area contributed by atoms with Crippen molar-refractivity contribution in [2.45, 2.75) is 6.54 Å². The maximum absolute atomic E-state index is 13.6. The molecular weight excluding hydrogens is 234 g/mol. The summed E-state index contributed by atoms with van der Waals surface area (Å²) in [5, 5.41) is 0. The Hall–Kier alpha value is -2.10. The molecule has 0 heterocycles. The van der Waals surface area contributed by atoms with Gasteiger partial charge in [-0.25, -0.2) is 8.78 Å². The third kappa shape index (κ3) is 2.77. The number of nitrogens with zero attached hydrogens (tertiary/aromatic N) is 1. The van der Waals surface area contributed by atoms with E-state index in [1.165, 1.54) is 18.2 Å². The maximum Gasteiger partial charge on any atom is 0.130 e. The first-order valence-corrected chi connectivity index (χ1v) is 5.57. The van der Waals surface area contributed by atoms with Gasteiger partial charge in [-0.05, 0) is 36.4 Å². The zero-order valence-corrected chi connectivity index (χ0v) is 10.0. The van der Waals surface area contributed by atoms with Crippen LogP contribution >= 0.6 is 0 Å². The first-order chi connectivity index (χ1) is 8.56. The van der Waals surface area contributed by atoms with Crippen LogP contribution in [0.5, 0.6) is 0 Å². The van der Waals surface area contributed by atoms with Crippen molar-refractivity contribution in [3.8, 4) is 0 Å². The van der Waals surface area contributed by atoms with Gasteiger partial charge < -0.3 is 10.6 Å². The molecule has 0 atom stereocenters. The zero-order chi connectivity index (χ0) is 13.1. The number of hydrogen-bond acceptors (Lipinski definition) is 2. The fraction of sp³-hybridized carbons (Fsp3) is 0.143.